The molecular formula is C14H23N5O2. The Balaban J connectivity index is 1.57. The van der Waals surface area contributed by atoms with Crippen LogP contribution in [0.3, 0.4) is 0 Å². The van der Waals surface area contributed by atoms with E-state index in [1.807, 2.05) is 16.5 Å². The van der Waals surface area contributed by atoms with Gasteiger partial charge in [0, 0.05) is 33.2 Å². The summed E-state index contributed by atoms with van der Waals surface area (Å²) in [5.74, 6) is 1.07. The first-order chi connectivity index (χ1) is 10.2. The third-order valence-corrected chi connectivity index (χ3v) is 4.26. The van der Waals surface area contributed by atoms with E-state index in [9.17, 15) is 4.79 Å². The zero-order valence-corrected chi connectivity index (χ0v) is 12.6. The van der Waals surface area contributed by atoms with E-state index < -0.39 is 0 Å². The Morgan fingerprint density at radius 1 is 1.33 bits per heavy atom. The third-order valence-electron chi connectivity index (χ3n) is 4.26. The molecular weight excluding hydrogens is 270 g/mol. The summed E-state index contributed by atoms with van der Waals surface area (Å²) in [7, 11) is 1.94. The van der Waals surface area contributed by atoms with Crippen molar-refractivity contribution >= 4 is 5.91 Å². The summed E-state index contributed by atoms with van der Waals surface area (Å²) in [6.07, 6.45) is 4.83. The number of amides is 1. The van der Waals surface area contributed by atoms with Crippen molar-refractivity contribution in [3.05, 3.63) is 12.2 Å². The standard InChI is InChI=1S/C14H23N5O2/c1-17-11-15-16-13(17)10-18-7-8-21-12(9-18)14(20)19-5-3-2-4-6-19/h11-12H,2-10H2,1H3. The number of carbonyl (C=O) groups excluding carboxylic acids is 1. The van der Waals surface area contributed by atoms with Crippen LogP contribution in [0.2, 0.25) is 0 Å². The summed E-state index contributed by atoms with van der Waals surface area (Å²) in [6, 6.07) is 0. The van der Waals surface area contributed by atoms with Crippen molar-refractivity contribution in [2.75, 3.05) is 32.8 Å². The second-order valence-corrected chi connectivity index (χ2v) is 5.84. The summed E-state index contributed by atoms with van der Waals surface area (Å²) >= 11 is 0. The molecule has 1 aromatic heterocycles. The van der Waals surface area contributed by atoms with E-state index in [2.05, 4.69) is 15.1 Å². The molecule has 2 saturated heterocycles. The van der Waals surface area contributed by atoms with Crippen LogP contribution in [0.4, 0.5) is 0 Å². The van der Waals surface area contributed by atoms with Crippen LogP contribution in [0.1, 0.15) is 25.1 Å². The molecule has 1 amide bonds. The number of ether oxygens (including phenoxy) is 1. The van der Waals surface area contributed by atoms with Gasteiger partial charge in [0.15, 0.2) is 0 Å². The molecule has 2 aliphatic heterocycles. The number of piperidine rings is 1. The lowest BCUT2D eigenvalue weighted by molar-refractivity contribution is -0.150. The molecule has 21 heavy (non-hydrogen) atoms. The van der Waals surface area contributed by atoms with E-state index in [4.69, 9.17) is 4.74 Å². The molecule has 116 valence electrons. The number of morpholine rings is 1. The Bertz CT molecular complexity index is 483. The minimum Gasteiger partial charge on any atom is -0.366 e. The van der Waals surface area contributed by atoms with Crippen molar-refractivity contribution in [1.29, 1.82) is 0 Å². The summed E-state index contributed by atoms with van der Waals surface area (Å²) in [5.41, 5.74) is 0. The molecule has 0 spiro atoms. The maximum Gasteiger partial charge on any atom is 0.253 e. The molecule has 3 rings (SSSR count). The first-order valence-electron chi connectivity index (χ1n) is 7.69. The molecule has 1 atom stereocenters. The Hall–Kier alpha value is -1.47. The monoisotopic (exact) mass is 293 g/mol. The van der Waals surface area contributed by atoms with Gasteiger partial charge in [-0.1, -0.05) is 0 Å². The van der Waals surface area contributed by atoms with Crippen molar-refractivity contribution in [1.82, 2.24) is 24.6 Å². The van der Waals surface area contributed by atoms with Gasteiger partial charge in [-0.15, -0.1) is 10.2 Å². The van der Waals surface area contributed by atoms with Crippen molar-refractivity contribution in [2.24, 2.45) is 7.05 Å². The van der Waals surface area contributed by atoms with E-state index in [1.165, 1.54) is 6.42 Å². The molecule has 0 aliphatic carbocycles. The van der Waals surface area contributed by atoms with Gasteiger partial charge >= 0.3 is 0 Å². The van der Waals surface area contributed by atoms with Crippen LogP contribution in [0, 0.1) is 0 Å². The van der Waals surface area contributed by atoms with Crippen LogP contribution < -0.4 is 0 Å². The lowest BCUT2D eigenvalue weighted by Crippen LogP contribution is -2.51. The van der Waals surface area contributed by atoms with Gasteiger partial charge in [-0.2, -0.15) is 0 Å². The Morgan fingerprint density at radius 3 is 2.86 bits per heavy atom. The third kappa shape index (κ3) is 3.41. The molecule has 2 aliphatic rings. The minimum atomic E-state index is -0.329. The number of aryl methyl sites for hydroxylation is 1. The summed E-state index contributed by atoms with van der Waals surface area (Å²) in [4.78, 5) is 16.7. The fraction of sp³-hybridized carbons (Fsp3) is 0.786. The van der Waals surface area contributed by atoms with Crippen LogP contribution in [0.25, 0.3) is 0 Å². The van der Waals surface area contributed by atoms with E-state index in [-0.39, 0.29) is 12.0 Å². The summed E-state index contributed by atoms with van der Waals surface area (Å²) in [6.45, 7) is 4.54. The second kappa shape index (κ2) is 6.53. The maximum absolute atomic E-state index is 12.5. The molecule has 0 radical (unpaired) electrons. The molecule has 7 nitrogen and oxygen atoms in total. The van der Waals surface area contributed by atoms with E-state index >= 15 is 0 Å². The highest BCUT2D eigenvalue weighted by Crippen LogP contribution is 2.15. The first-order valence-corrected chi connectivity index (χ1v) is 7.69. The van der Waals surface area contributed by atoms with E-state index in [0.717, 1.165) is 38.3 Å². The number of carbonyl (C=O) groups is 1. The predicted octanol–water partition coefficient (Wildman–Crippen LogP) is 0.0284. The number of rotatable bonds is 3. The lowest BCUT2D eigenvalue weighted by atomic mass is 10.1. The van der Waals surface area contributed by atoms with Crippen molar-refractivity contribution in [2.45, 2.75) is 31.9 Å². The van der Waals surface area contributed by atoms with Crippen LogP contribution in [-0.4, -0.2) is 69.4 Å². The Kier molecular flexibility index (Phi) is 4.50. The predicted molar refractivity (Wildman–Crippen MR) is 76.5 cm³/mol. The van der Waals surface area contributed by atoms with Crippen LogP contribution in [0.5, 0.6) is 0 Å². The summed E-state index contributed by atoms with van der Waals surface area (Å²) in [5, 5.41) is 8.00. The van der Waals surface area contributed by atoms with Gasteiger partial charge in [0.1, 0.15) is 18.3 Å². The number of hydrogen-bond donors (Lipinski definition) is 0. The molecule has 3 heterocycles. The van der Waals surface area contributed by atoms with Crippen LogP contribution >= 0.6 is 0 Å². The zero-order valence-electron chi connectivity index (χ0n) is 12.6. The van der Waals surface area contributed by atoms with Gasteiger partial charge in [0.25, 0.3) is 5.91 Å². The van der Waals surface area contributed by atoms with Gasteiger partial charge in [0.05, 0.1) is 13.2 Å². The van der Waals surface area contributed by atoms with E-state index in [0.29, 0.717) is 19.7 Å². The fourth-order valence-corrected chi connectivity index (χ4v) is 2.96. The molecule has 0 N–H and O–H groups in total. The topological polar surface area (TPSA) is 63.5 Å². The smallest absolute Gasteiger partial charge is 0.253 e. The van der Waals surface area contributed by atoms with Crippen LogP contribution in [0.15, 0.2) is 6.33 Å². The minimum absolute atomic E-state index is 0.150. The molecule has 0 aromatic carbocycles. The molecule has 1 unspecified atom stereocenters. The summed E-state index contributed by atoms with van der Waals surface area (Å²) < 4.78 is 7.61. The van der Waals surface area contributed by atoms with Gasteiger partial charge in [-0.25, -0.2) is 0 Å². The van der Waals surface area contributed by atoms with Crippen molar-refractivity contribution < 1.29 is 9.53 Å². The highest BCUT2D eigenvalue weighted by Gasteiger charge is 2.31. The highest BCUT2D eigenvalue weighted by atomic mass is 16.5. The average Bonchev–Trinajstić information content (AvgIpc) is 2.93. The number of nitrogens with zero attached hydrogens (tertiary/aromatic N) is 5. The average molecular weight is 293 g/mol. The van der Waals surface area contributed by atoms with Crippen molar-refractivity contribution in [3.8, 4) is 0 Å². The normalized spacial score (nSPS) is 24.2. The number of aromatic nitrogens is 3. The largest absolute Gasteiger partial charge is 0.366 e. The lowest BCUT2D eigenvalue weighted by Gasteiger charge is -2.35. The molecule has 1 aromatic rings. The fourth-order valence-electron chi connectivity index (χ4n) is 2.96. The zero-order chi connectivity index (χ0) is 14.7. The van der Waals surface area contributed by atoms with Crippen molar-refractivity contribution in [3.63, 3.8) is 0 Å². The van der Waals surface area contributed by atoms with Gasteiger partial charge in [0.2, 0.25) is 0 Å². The maximum atomic E-state index is 12.5. The van der Waals surface area contributed by atoms with Gasteiger partial charge in [-0.05, 0) is 19.3 Å². The first kappa shape index (κ1) is 14.5. The van der Waals surface area contributed by atoms with Crippen LogP contribution in [-0.2, 0) is 23.1 Å². The SMILES string of the molecule is Cn1cnnc1CN1CCOC(C(=O)N2CCCCC2)C1. The van der Waals surface area contributed by atoms with Gasteiger partial charge in [-0.3, -0.25) is 9.69 Å². The number of likely N-dealkylation sites (tertiary alicyclic amines) is 1. The van der Waals surface area contributed by atoms with Gasteiger partial charge < -0.3 is 14.2 Å². The second-order valence-electron chi connectivity index (χ2n) is 5.84. The molecule has 0 bridgehead atoms. The Morgan fingerprint density at radius 2 is 2.14 bits per heavy atom. The Labute approximate surface area is 124 Å². The molecule has 0 saturated carbocycles. The van der Waals surface area contributed by atoms with E-state index in [1.54, 1.807) is 6.33 Å². The number of hydrogen-bond acceptors (Lipinski definition) is 5. The quantitative estimate of drug-likeness (QED) is 0.787. The highest BCUT2D eigenvalue weighted by molar-refractivity contribution is 5.81. The molecule has 7 heteroatoms. The molecule has 2 fully saturated rings.